The van der Waals surface area contributed by atoms with Crippen LogP contribution in [0.15, 0.2) is 36.5 Å². The zero-order valence-corrected chi connectivity index (χ0v) is 17.3. The second kappa shape index (κ2) is 16.5. The third kappa shape index (κ3) is 12.9. The van der Waals surface area contributed by atoms with Gasteiger partial charge in [0.05, 0.1) is 25.4 Å². The molecule has 28 heavy (non-hydrogen) atoms. The van der Waals surface area contributed by atoms with E-state index < -0.39 is 6.10 Å². The summed E-state index contributed by atoms with van der Waals surface area (Å²) in [5.41, 5.74) is 0. The van der Waals surface area contributed by atoms with Crippen LogP contribution in [0.3, 0.4) is 0 Å². The van der Waals surface area contributed by atoms with Gasteiger partial charge >= 0.3 is 5.97 Å². The van der Waals surface area contributed by atoms with Gasteiger partial charge in [-0.1, -0.05) is 56.2 Å². The Bertz CT molecular complexity index is 479. The Hall–Kier alpha value is -1.43. The average Bonchev–Trinajstić information content (AvgIpc) is 3.45. The molecule has 1 heterocycles. The Labute approximate surface area is 170 Å². The van der Waals surface area contributed by atoms with E-state index in [0.29, 0.717) is 25.0 Å². The van der Waals surface area contributed by atoms with Crippen LogP contribution in [0.25, 0.3) is 0 Å². The van der Waals surface area contributed by atoms with Crippen LogP contribution < -0.4 is 0 Å². The number of rotatable bonds is 17. The Morgan fingerprint density at radius 2 is 1.54 bits per heavy atom. The van der Waals surface area contributed by atoms with Crippen molar-refractivity contribution in [3.8, 4) is 0 Å². The van der Waals surface area contributed by atoms with E-state index in [1.807, 2.05) is 0 Å². The molecule has 0 aromatic carbocycles. The normalized spacial score (nSPS) is 19.4. The second-order valence-electron chi connectivity index (χ2n) is 7.20. The fraction of sp³-hybridized carbons (Fsp3) is 0.696. The number of aliphatic hydroxyl groups excluding tert-OH is 2. The number of esters is 1. The van der Waals surface area contributed by atoms with Crippen LogP contribution >= 0.6 is 0 Å². The number of hydrogen-bond donors (Lipinski definition) is 2. The van der Waals surface area contributed by atoms with E-state index in [9.17, 15) is 4.79 Å². The monoisotopic (exact) mass is 394 g/mol. The van der Waals surface area contributed by atoms with Crippen LogP contribution in [0.4, 0.5) is 0 Å². The predicted octanol–water partition coefficient (Wildman–Crippen LogP) is 4.24. The summed E-state index contributed by atoms with van der Waals surface area (Å²) in [4.78, 5) is 11.5. The van der Waals surface area contributed by atoms with Gasteiger partial charge in [-0.15, -0.1) is 0 Å². The molecule has 2 N–H and O–H groups in total. The fourth-order valence-electron chi connectivity index (χ4n) is 2.81. The van der Waals surface area contributed by atoms with Crippen molar-refractivity contribution in [2.24, 2.45) is 0 Å². The molecule has 0 spiro atoms. The van der Waals surface area contributed by atoms with E-state index in [4.69, 9.17) is 19.7 Å². The van der Waals surface area contributed by atoms with E-state index in [-0.39, 0.29) is 19.2 Å². The lowest BCUT2D eigenvalue weighted by Crippen LogP contribution is -2.25. The zero-order valence-electron chi connectivity index (χ0n) is 17.3. The Morgan fingerprint density at radius 1 is 0.929 bits per heavy atom. The summed E-state index contributed by atoms with van der Waals surface area (Å²) in [5, 5.41) is 17.7. The van der Waals surface area contributed by atoms with E-state index in [2.05, 4.69) is 43.4 Å². The number of allylic oxidation sites excluding steroid dienone is 4. The van der Waals surface area contributed by atoms with Gasteiger partial charge in [-0.05, 0) is 44.9 Å². The molecule has 160 valence electrons. The fourth-order valence-corrected chi connectivity index (χ4v) is 2.81. The van der Waals surface area contributed by atoms with E-state index >= 15 is 0 Å². The number of aliphatic hydroxyl groups is 2. The SMILES string of the molecule is CCCCC/C=C\C/C=C\CC1OC1C/C=C\CCCC(=O)OC(CO)CO. The lowest BCUT2D eigenvalue weighted by atomic mass is 10.1. The molecule has 1 aliphatic rings. The minimum absolute atomic E-state index is 0.293. The van der Waals surface area contributed by atoms with Crippen LogP contribution in [0.1, 0.15) is 71.1 Å². The van der Waals surface area contributed by atoms with E-state index in [1.54, 1.807) is 0 Å². The minimum atomic E-state index is -0.803. The molecule has 0 radical (unpaired) electrons. The summed E-state index contributed by atoms with van der Waals surface area (Å²) < 4.78 is 10.6. The molecule has 5 nitrogen and oxygen atoms in total. The van der Waals surface area contributed by atoms with Crippen LogP contribution in [-0.4, -0.2) is 47.7 Å². The summed E-state index contributed by atoms with van der Waals surface area (Å²) in [6.07, 6.45) is 22.8. The topological polar surface area (TPSA) is 79.3 Å². The summed E-state index contributed by atoms with van der Waals surface area (Å²) in [6, 6.07) is 0. The van der Waals surface area contributed by atoms with Gasteiger partial charge in [0.15, 0.2) is 0 Å². The first kappa shape index (κ1) is 24.6. The Kier molecular flexibility index (Phi) is 14.5. The molecule has 1 saturated heterocycles. The van der Waals surface area contributed by atoms with Crippen LogP contribution in [-0.2, 0) is 14.3 Å². The molecular weight excluding hydrogens is 356 g/mol. The van der Waals surface area contributed by atoms with Crippen molar-refractivity contribution in [1.29, 1.82) is 0 Å². The van der Waals surface area contributed by atoms with Crippen molar-refractivity contribution >= 4 is 5.97 Å². The second-order valence-corrected chi connectivity index (χ2v) is 7.20. The van der Waals surface area contributed by atoms with Crippen LogP contribution in [0.5, 0.6) is 0 Å². The number of unbranched alkanes of at least 4 members (excludes halogenated alkanes) is 4. The van der Waals surface area contributed by atoms with Crippen molar-refractivity contribution in [2.75, 3.05) is 13.2 Å². The first-order valence-corrected chi connectivity index (χ1v) is 10.7. The van der Waals surface area contributed by atoms with Gasteiger partial charge in [0.2, 0.25) is 0 Å². The highest BCUT2D eigenvalue weighted by Gasteiger charge is 2.35. The first-order valence-electron chi connectivity index (χ1n) is 10.7. The lowest BCUT2D eigenvalue weighted by Gasteiger charge is -2.11. The van der Waals surface area contributed by atoms with Gasteiger partial charge < -0.3 is 19.7 Å². The van der Waals surface area contributed by atoms with Gasteiger partial charge in [-0.2, -0.15) is 0 Å². The molecule has 2 atom stereocenters. The molecular formula is C23H38O5. The van der Waals surface area contributed by atoms with Crippen molar-refractivity contribution < 1.29 is 24.5 Å². The van der Waals surface area contributed by atoms with Crippen LogP contribution in [0.2, 0.25) is 0 Å². The average molecular weight is 395 g/mol. The van der Waals surface area contributed by atoms with Gasteiger partial charge in [0.25, 0.3) is 0 Å². The molecule has 0 saturated carbocycles. The Balaban J connectivity index is 1.96. The Morgan fingerprint density at radius 3 is 2.21 bits per heavy atom. The molecule has 1 rings (SSSR count). The van der Waals surface area contributed by atoms with Gasteiger partial charge in [0.1, 0.15) is 6.10 Å². The number of carbonyl (C=O) groups excluding carboxylic acids is 1. The lowest BCUT2D eigenvalue weighted by molar-refractivity contribution is -0.153. The number of hydrogen-bond acceptors (Lipinski definition) is 5. The molecule has 0 aromatic heterocycles. The third-order valence-corrected chi connectivity index (χ3v) is 4.63. The maximum absolute atomic E-state index is 11.5. The van der Waals surface area contributed by atoms with Crippen molar-refractivity contribution in [3.63, 3.8) is 0 Å². The third-order valence-electron chi connectivity index (χ3n) is 4.63. The zero-order chi connectivity index (χ0) is 20.5. The highest BCUT2D eigenvalue weighted by molar-refractivity contribution is 5.69. The molecule has 0 aromatic rings. The summed E-state index contributed by atoms with van der Waals surface area (Å²) in [6.45, 7) is 1.52. The quantitative estimate of drug-likeness (QED) is 0.167. The van der Waals surface area contributed by atoms with Crippen molar-refractivity contribution in [3.05, 3.63) is 36.5 Å². The number of ether oxygens (including phenoxy) is 2. The van der Waals surface area contributed by atoms with Gasteiger partial charge in [-0.3, -0.25) is 4.79 Å². The maximum Gasteiger partial charge on any atom is 0.306 e. The van der Waals surface area contributed by atoms with E-state index in [0.717, 1.165) is 25.7 Å². The molecule has 0 aliphatic carbocycles. The summed E-state index contributed by atoms with van der Waals surface area (Å²) >= 11 is 0. The van der Waals surface area contributed by atoms with Gasteiger partial charge in [0, 0.05) is 6.42 Å². The van der Waals surface area contributed by atoms with Crippen molar-refractivity contribution in [1.82, 2.24) is 0 Å². The van der Waals surface area contributed by atoms with E-state index in [1.165, 1.54) is 25.7 Å². The highest BCUT2D eigenvalue weighted by atomic mass is 16.6. The highest BCUT2D eigenvalue weighted by Crippen LogP contribution is 2.29. The minimum Gasteiger partial charge on any atom is -0.457 e. The number of epoxide rings is 1. The molecule has 1 fully saturated rings. The predicted molar refractivity (Wildman–Crippen MR) is 112 cm³/mol. The smallest absolute Gasteiger partial charge is 0.306 e. The maximum atomic E-state index is 11.5. The first-order chi connectivity index (χ1) is 13.7. The molecule has 2 unspecified atom stereocenters. The standard InChI is InChI=1S/C23H38O5/c1-2-3-4-5-6-7-8-9-12-15-21-22(28-21)16-13-10-11-14-17-23(26)27-20(18-24)19-25/h6-7,9-10,12-13,20-22,24-25H,2-5,8,11,14-19H2,1H3/b7-6-,12-9-,13-10-. The molecule has 0 amide bonds. The number of carbonyl (C=O) groups is 1. The molecule has 5 heteroatoms. The van der Waals surface area contributed by atoms with Crippen molar-refractivity contribution in [2.45, 2.75) is 89.4 Å². The molecule has 0 bridgehead atoms. The largest absolute Gasteiger partial charge is 0.457 e. The van der Waals surface area contributed by atoms with Crippen LogP contribution in [0, 0.1) is 0 Å². The molecule has 1 aliphatic heterocycles. The summed E-state index contributed by atoms with van der Waals surface area (Å²) in [7, 11) is 0. The summed E-state index contributed by atoms with van der Waals surface area (Å²) in [5.74, 6) is -0.380. The van der Waals surface area contributed by atoms with Gasteiger partial charge in [-0.25, -0.2) is 0 Å².